The zero-order valence-corrected chi connectivity index (χ0v) is 20.9. The van der Waals surface area contributed by atoms with Crippen LogP contribution in [-0.2, 0) is 4.74 Å². The van der Waals surface area contributed by atoms with Crippen LogP contribution in [0.25, 0.3) is 0 Å². The fourth-order valence-corrected chi connectivity index (χ4v) is 8.27. The van der Waals surface area contributed by atoms with Gasteiger partial charge in [0.05, 0.1) is 11.9 Å². The first-order valence-corrected chi connectivity index (χ1v) is 13.1. The van der Waals surface area contributed by atoms with Crippen molar-refractivity contribution >= 4 is 6.09 Å². The Kier molecular flexibility index (Phi) is 5.74. The molecule has 4 aliphatic carbocycles. The molecule has 1 heterocycles. The number of ether oxygens (including phenoxy) is 1. The van der Waals surface area contributed by atoms with Crippen molar-refractivity contribution in [3.63, 3.8) is 0 Å². The van der Waals surface area contributed by atoms with Crippen LogP contribution >= 0.6 is 0 Å². The lowest BCUT2D eigenvalue weighted by Crippen LogP contribution is -2.60. The van der Waals surface area contributed by atoms with Gasteiger partial charge < -0.3 is 19.6 Å². The lowest BCUT2D eigenvalue weighted by atomic mass is 9.45. The molecular weight excluding hydrogens is 430 g/mol. The van der Waals surface area contributed by atoms with Gasteiger partial charge in [-0.1, -0.05) is 19.4 Å². The van der Waals surface area contributed by atoms with E-state index in [-0.39, 0.29) is 46.5 Å². The molecule has 1 amide bonds. The van der Waals surface area contributed by atoms with E-state index in [1.807, 2.05) is 19.9 Å². The maximum Gasteiger partial charge on any atom is 0.407 e. The molecule has 0 spiro atoms. The van der Waals surface area contributed by atoms with Crippen LogP contribution in [0, 0.1) is 22.7 Å². The van der Waals surface area contributed by atoms with Crippen LogP contribution in [-0.4, -0.2) is 28.9 Å². The summed E-state index contributed by atoms with van der Waals surface area (Å²) >= 11 is 0. The Balaban J connectivity index is 1.38. The number of hydrogen-bond acceptors (Lipinski definition) is 5. The molecule has 2 N–H and O–H groups in total. The topological polar surface area (TPSA) is 88.8 Å². The minimum atomic E-state index is -0.713. The van der Waals surface area contributed by atoms with Gasteiger partial charge in [-0.3, -0.25) is 0 Å². The van der Waals surface area contributed by atoms with E-state index in [1.54, 1.807) is 6.26 Å². The minimum absolute atomic E-state index is 0.0476. The van der Waals surface area contributed by atoms with Crippen LogP contribution in [0.5, 0.6) is 0 Å². The molecule has 0 aromatic carbocycles. The van der Waals surface area contributed by atoms with Crippen LogP contribution < -0.4 is 10.9 Å². The number of allylic oxidation sites excluding steroid dienone is 1. The third-order valence-corrected chi connectivity index (χ3v) is 10.0. The second-order valence-electron chi connectivity index (χ2n) is 12.0. The Hall–Kier alpha value is -2.08. The second-order valence-corrected chi connectivity index (χ2v) is 12.0. The summed E-state index contributed by atoms with van der Waals surface area (Å²) in [5, 5.41) is 15.1. The lowest BCUT2D eigenvalue weighted by molar-refractivity contribution is -0.178. The molecule has 0 aliphatic heterocycles. The zero-order valence-electron chi connectivity index (χ0n) is 20.9. The summed E-state index contributed by atoms with van der Waals surface area (Å²) < 4.78 is 10.9. The Morgan fingerprint density at radius 2 is 1.91 bits per heavy atom. The van der Waals surface area contributed by atoms with Crippen molar-refractivity contribution in [1.29, 1.82) is 0 Å². The van der Waals surface area contributed by atoms with Crippen molar-refractivity contribution in [3.05, 3.63) is 46.0 Å². The fraction of sp³-hybridized carbons (Fsp3) is 0.714. The molecule has 6 nitrogen and oxygen atoms in total. The summed E-state index contributed by atoms with van der Waals surface area (Å²) in [6.45, 7) is 8.51. The van der Waals surface area contributed by atoms with Crippen molar-refractivity contribution in [2.24, 2.45) is 22.7 Å². The van der Waals surface area contributed by atoms with E-state index in [0.29, 0.717) is 5.92 Å². The molecule has 6 heteroatoms. The first-order chi connectivity index (χ1) is 16.1. The zero-order chi connectivity index (χ0) is 24.3. The Morgan fingerprint density at radius 1 is 1.12 bits per heavy atom. The van der Waals surface area contributed by atoms with Gasteiger partial charge in [0.1, 0.15) is 6.10 Å². The quantitative estimate of drug-likeness (QED) is 0.586. The SMILES string of the molecule is CC(C)NC(=O)O[C@@H]1C=C2CCC3C(CC[C@]4(C)[C@@H](c5ccc(=O)oc5)CC[C@]34O)[C@@]2(C)CC1. The van der Waals surface area contributed by atoms with E-state index in [1.165, 1.54) is 11.6 Å². The van der Waals surface area contributed by atoms with Crippen LogP contribution in [0.2, 0.25) is 0 Å². The third-order valence-electron chi connectivity index (χ3n) is 10.0. The summed E-state index contributed by atoms with van der Waals surface area (Å²) in [6, 6.07) is 3.45. The molecule has 0 radical (unpaired) electrons. The van der Waals surface area contributed by atoms with Gasteiger partial charge in [-0.2, -0.15) is 0 Å². The molecule has 186 valence electrons. The fourth-order valence-electron chi connectivity index (χ4n) is 8.27. The molecule has 0 saturated heterocycles. The predicted octanol–water partition coefficient (Wildman–Crippen LogP) is 5.30. The average molecular weight is 470 g/mol. The smallest absolute Gasteiger partial charge is 0.407 e. The van der Waals surface area contributed by atoms with Crippen LogP contribution in [0.3, 0.4) is 0 Å². The van der Waals surface area contributed by atoms with Crippen molar-refractivity contribution < 1.29 is 19.1 Å². The number of aliphatic hydroxyl groups is 1. The molecular formula is C28H39NO5. The molecule has 0 bridgehead atoms. The van der Waals surface area contributed by atoms with Gasteiger partial charge in [-0.15, -0.1) is 0 Å². The largest absolute Gasteiger partial charge is 0.442 e. The number of carbonyl (C=O) groups excluding carboxylic acids is 1. The van der Waals surface area contributed by atoms with Gasteiger partial charge in [0.15, 0.2) is 0 Å². The van der Waals surface area contributed by atoms with E-state index in [4.69, 9.17) is 9.15 Å². The molecule has 34 heavy (non-hydrogen) atoms. The van der Waals surface area contributed by atoms with Crippen LogP contribution in [0.1, 0.15) is 90.5 Å². The standard InChI is InChI=1S/C28H39NO5/c1-17(2)29-25(31)34-20-9-12-26(3)19(15-20)6-7-23-22(26)10-13-27(4)21(11-14-28(23,27)32)18-5-8-24(30)33-16-18/h5,8,15-17,20-23,32H,6-7,9-14H2,1-4H3,(H,29,31)/t20-,21+,22?,23?,26-,27+,28-/m0/s1. The highest BCUT2D eigenvalue weighted by atomic mass is 16.6. The van der Waals surface area contributed by atoms with E-state index < -0.39 is 5.60 Å². The van der Waals surface area contributed by atoms with E-state index in [2.05, 4.69) is 25.2 Å². The van der Waals surface area contributed by atoms with Gasteiger partial charge in [-0.05, 0) is 106 Å². The molecule has 3 saturated carbocycles. The van der Waals surface area contributed by atoms with Crippen molar-refractivity contribution in [1.82, 2.24) is 5.32 Å². The van der Waals surface area contributed by atoms with Crippen LogP contribution in [0.4, 0.5) is 4.79 Å². The molecule has 3 fully saturated rings. The monoisotopic (exact) mass is 469 g/mol. The number of amides is 1. The number of alkyl carbamates (subject to hydrolysis) is 1. The van der Waals surface area contributed by atoms with Crippen molar-refractivity contribution in [2.75, 3.05) is 0 Å². The number of nitrogens with one attached hydrogen (secondary N) is 1. The number of hydrogen-bond donors (Lipinski definition) is 2. The third kappa shape index (κ3) is 3.55. The Labute approximate surface area is 202 Å². The highest BCUT2D eigenvalue weighted by molar-refractivity contribution is 5.67. The van der Waals surface area contributed by atoms with Gasteiger partial charge in [-0.25, -0.2) is 9.59 Å². The predicted molar refractivity (Wildman–Crippen MR) is 129 cm³/mol. The summed E-state index contributed by atoms with van der Waals surface area (Å²) in [5.74, 6) is 0.899. The highest BCUT2D eigenvalue weighted by Crippen LogP contribution is 2.70. The summed E-state index contributed by atoms with van der Waals surface area (Å²) in [4.78, 5) is 23.6. The first-order valence-electron chi connectivity index (χ1n) is 13.1. The van der Waals surface area contributed by atoms with Crippen molar-refractivity contribution in [2.45, 2.75) is 103 Å². The average Bonchev–Trinajstić information content (AvgIpc) is 3.05. The van der Waals surface area contributed by atoms with Gasteiger partial charge in [0.25, 0.3) is 0 Å². The minimum Gasteiger partial charge on any atom is -0.442 e. The normalized spacial score (nSPS) is 41.2. The molecule has 7 atom stereocenters. The Morgan fingerprint density at radius 3 is 2.62 bits per heavy atom. The van der Waals surface area contributed by atoms with Crippen LogP contribution in [0.15, 0.2) is 39.3 Å². The maximum absolute atomic E-state index is 12.3. The highest BCUT2D eigenvalue weighted by Gasteiger charge is 2.66. The molecule has 1 aromatic rings. The number of fused-ring (bicyclic) bond motifs is 5. The molecule has 1 aromatic heterocycles. The van der Waals surface area contributed by atoms with E-state index in [9.17, 15) is 14.7 Å². The Bertz CT molecular complexity index is 1020. The summed E-state index contributed by atoms with van der Waals surface area (Å²) in [6.07, 6.45) is 10.8. The molecule has 5 rings (SSSR count). The summed E-state index contributed by atoms with van der Waals surface area (Å²) in [5.41, 5.74) is 1.24. The van der Waals surface area contributed by atoms with Gasteiger partial charge in [0, 0.05) is 17.5 Å². The number of rotatable bonds is 3. The van der Waals surface area contributed by atoms with E-state index in [0.717, 1.165) is 56.9 Å². The van der Waals surface area contributed by atoms with Gasteiger partial charge in [0.2, 0.25) is 0 Å². The maximum atomic E-state index is 12.3. The lowest BCUT2D eigenvalue weighted by Gasteiger charge is -2.61. The first kappa shape index (κ1) is 23.7. The molecule has 2 unspecified atom stereocenters. The summed E-state index contributed by atoms with van der Waals surface area (Å²) in [7, 11) is 0. The van der Waals surface area contributed by atoms with E-state index >= 15 is 0 Å². The molecule has 4 aliphatic rings. The number of carbonyl (C=O) groups is 1. The second kappa shape index (κ2) is 8.25. The van der Waals surface area contributed by atoms with Crippen molar-refractivity contribution in [3.8, 4) is 0 Å². The van der Waals surface area contributed by atoms with Gasteiger partial charge >= 0.3 is 11.7 Å².